The van der Waals surface area contributed by atoms with Crippen molar-refractivity contribution in [2.75, 3.05) is 14.1 Å². The minimum Gasteiger partial charge on any atom is -0.456 e. The van der Waals surface area contributed by atoms with E-state index in [1.165, 1.54) is 6.07 Å². The average molecular weight is 539 g/mol. The van der Waals surface area contributed by atoms with Gasteiger partial charge in [0.05, 0.1) is 11.0 Å². The Morgan fingerprint density at radius 1 is 0.844 bits per heavy atom. The highest BCUT2D eigenvalue weighted by Crippen LogP contribution is 2.43. The van der Waals surface area contributed by atoms with Crippen LogP contribution in [0.5, 0.6) is 0 Å². The van der Waals surface area contributed by atoms with Gasteiger partial charge in [-0.3, -0.25) is 9.11 Å². The first-order chi connectivity index (χ1) is 14.9. The van der Waals surface area contributed by atoms with Gasteiger partial charge in [0, 0.05) is 32.6 Å². The summed E-state index contributed by atoms with van der Waals surface area (Å²) >= 11 is 3.40. The summed E-state index contributed by atoms with van der Waals surface area (Å²) < 4.78 is 75.5. The van der Waals surface area contributed by atoms with Crippen LogP contribution >= 0.6 is 15.9 Å². The van der Waals surface area contributed by atoms with Crippen LogP contribution in [0.4, 0.5) is 0 Å². The fourth-order valence-electron chi connectivity index (χ4n) is 3.50. The quantitative estimate of drug-likeness (QED) is 0.232. The van der Waals surface area contributed by atoms with E-state index in [0.29, 0.717) is 32.3 Å². The van der Waals surface area contributed by atoms with E-state index in [4.69, 9.17) is 4.42 Å². The van der Waals surface area contributed by atoms with Crippen LogP contribution in [0.3, 0.4) is 0 Å². The molecule has 8 nitrogen and oxygen atoms in total. The van der Waals surface area contributed by atoms with E-state index in [2.05, 4.69) is 15.9 Å². The zero-order valence-corrected chi connectivity index (χ0v) is 20.0. The van der Waals surface area contributed by atoms with E-state index < -0.39 is 30.0 Å². The van der Waals surface area contributed by atoms with E-state index in [1.54, 1.807) is 30.3 Å². The third kappa shape index (κ3) is 4.09. The number of hydrogen-bond acceptors (Lipinski definition) is 5. The number of nitrogens with zero attached hydrogens (tertiary/aromatic N) is 1. The predicted molar refractivity (Wildman–Crippen MR) is 123 cm³/mol. The molecule has 0 aromatic heterocycles. The van der Waals surface area contributed by atoms with Gasteiger partial charge in [-0.25, -0.2) is 4.58 Å². The molecule has 1 aliphatic carbocycles. The maximum absolute atomic E-state index is 12.2. The lowest BCUT2D eigenvalue weighted by Crippen LogP contribution is -2.21. The second-order valence-electron chi connectivity index (χ2n) is 7.30. The fraction of sp³-hybridized carbons (Fsp3) is 0.0952. The maximum atomic E-state index is 12.2. The second kappa shape index (κ2) is 7.78. The molecule has 2 aromatic rings. The maximum Gasteiger partial charge on any atom is 0.295 e. The molecule has 0 amide bonds. The highest BCUT2D eigenvalue weighted by Gasteiger charge is 2.26. The van der Waals surface area contributed by atoms with Crippen molar-refractivity contribution < 1.29 is 30.4 Å². The lowest BCUT2D eigenvalue weighted by molar-refractivity contribution is 0.481. The molecule has 0 unspecified atom stereocenters. The summed E-state index contributed by atoms with van der Waals surface area (Å²) in [6.07, 6.45) is 0. The van der Waals surface area contributed by atoms with Crippen LogP contribution in [0.25, 0.3) is 33.4 Å². The molecular weight excluding hydrogens is 522 g/mol. The molecule has 11 heteroatoms. The predicted octanol–water partition coefficient (Wildman–Crippen LogP) is 3.49. The molecule has 0 bridgehead atoms. The molecule has 0 fully saturated rings. The summed E-state index contributed by atoms with van der Waals surface area (Å²) in [5.41, 5.74) is 1.47. The largest absolute Gasteiger partial charge is 0.456 e. The number of hydrogen-bond donors (Lipinski definition) is 2. The molecule has 0 radical (unpaired) electrons. The topological polar surface area (TPSA) is 125 Å². The van der Waals surface area contributed by atoms with E-state index in [0.717, 1.165) is 17.5 Å². The Hall–Kier alpha value is -2.57. The molecule has 4 rings (SSSR count). The Bertz CT molecular complexity index is 1650. The lowest BCUT2D eigenvalue weighted by atomic mass is 9.93. The number of benzene rings is 3. The molecule has 2 N–H and O–H groups in total. The van der Waals surface area contributed by atoms with Gasteiger partial charge < -0.3 is 4.42 Å². The first-order valence-electron chi connectivity index (χ1n) is 9.12. The van der Waals surface area contributed by atoms with Crippen molar-refractivity contribution in [3.63, 3.8) is 0 Å². The van der Waals surface area contributed by atoms with Gasteiger partial charge in [-0.15, -0.1) is 0 Å². The van der Waals surface area contributed by atoms with E-state index in [1.807, 2.05) is 24.7 Å². The van der Waals surface area contributed by atoms with Gasteiger partial charge in [-0.2, -0.15) is 16.8 Å². The van der Waals surface area contributed by atoms with Gasteiger partial charge in [0.25, 0.3) is 20.2 Å². The van der Waals surface area contributed by atoms with Crippen LogP contribution < -0.4 is 9.93 Å². The van der Waals surface area contributed by atoms with Crippen LogP contribution in [0.15, 0.2) is 73.3 Å². The summed E-state index contributed by atoms with van der Waals surface area (Å²) in [7, 11) is -5.83. The van der Waals surface area contributed by atoms with Crippen molar-refractivity contribution >= 4 is 47.1 Å². The van der Waals surface area contributed by atoms with Crippen LogP contribution in [-0.4, -0.2) is 40.0 Å². The van der Waals surface area contributed by atoms with Crippen molar-refractivity contribution in [1.29, 1.82) is 0 Å². The van der Waals surface area contributed by atoms with Crippen molar-refractivity contribution in [2.24, 2.45) is 0 Å². The first kappa shape index (κ1) is 22.6. The lowest BCUT2D eigenvalue weighted by Gasteiger charge is -2.17. The zero-order valence-electron chi connectivity index (χ0n) is 16.8. The molecule has 2 aromatic carbocycles. The van der Waals surface area contributed by atoms with Crippen molar-refractivity contribution in [3.8, 4) is 22.5 Å². The molecule has 0 spiro atoms. The monoisotopic (exact) mass is 538 g/mol. The molecule has 1 heterocycles. The van der Waals surface area contributed by atoms with Crippen molar-refractivity contribution in [3.05, 3.63) is 64.4 Å². The average Bonchev–Trinajstić information content (AvgIpc) is 2.70. The SMILES string of the molecule is C[N+](C)=c1ccc2c(-c3ccc(S(=O)(=O)O)cc3S(=O)(=O)O)c3cc(Br)ccc3oc-2c1. The third-order valence-electron chi connectivity index (χ3n) is 4.98. The Kier molecular flexibility index (Phi) is 5.50. The second-order valence-corrected chi connectivity index (χ2v) is 11.0. The first-order valence-corrected chi connectivity index (χ1v) is 12.8. The van der Waals surface area contributed by atoms with Crippen molar-refractivity contribution in [2.45, 2.75) is 9.79 Å². The Labute approximate surface area is 192 Å². The smallest absolute Gasteiger partial charge is 0.295 e. The minimum absolute atomic E-state index is 0.0569. The highest BCUT2D eigenvalue weighted by atomic mass is 79.9. The third-order valence-corrected chi connectivity index (χ3v) is 7.22. The molecule has 1 aliphatic heterocycles. The van der Waals surface area contributed by atoms with Gasteiger partial charge in [0.15, 0.2) is 0 Å². The molecule has 0 atom stereocenters. The van der Waals surface area contributed by atoms with Crippen LogP contribution in [0.2, 0.25) is 0 Å². The normalized spacial score (nSPS) is 12.4. The van der Waals surface area contributed by atoms with Gasteiger partial charge >= 0.3 is 0 Å². The summed E-state index contributed by atoms with van der Waals surface area (Å²) in [5, 5.41) is 1.38. The minimum atomic E-state index is -4.86. The molecule has 166 valence electrons. The van der Waals surface area contributed by atoms with E-state index >= 15 is 0 Å². The standard InChI is InChI=1S/C21H16BrNO7S2/c1-23(2)13-4-6-15-19(10-13)30-18-8-3-12(22)9-17(18)21(15)16-7-5-14(31(24,25)26)11-20(16)32(27,28)29/h3-11H,1-2H3,(H-,24,25,26,27,28,29)/p+1. The summed E-state index contributed by atoms with van der Waals surface area (Å²) in [5.74, 6) is 0.459. The van der Waals surface area contributed by atoms with E-state index in [-0.39, 0.29) is 5.56 Å². The summed E-state index contributed by atoms with van der Waals surface area (Å²) in [4.78, 5) is -1.31. The Balaban J connectivity index is 2.24. The summed E-state index contributed by atoms with van der Waals surface area (Å²) in [6, 6.07) is 13.6. The van der Waals surface area contributed by atoms with Gasteiger partial charge in [0.1, 0.15) is 30.3 Å². The van der Waals surface area contributed by atoms with Crippen LogP contribution in [0, 0.1) is 0 Å². The number of fused-ring (bicyclic) bond motifs is 2. The molecular formula is C21H17BrNO7S2+. The van der Waals surface area contributed by atoms with Crippen molar-refractivity contribution in [1.82, 2.24) is 4.58 Å². The van der Waals surface area contributed by atoms with Crippen LogP contribution in [-0.2, 0) is 20.2 Å². The number of rotatable bonds is 3. The van der Waals surface area contributed by atoms with Gasteiger partial charge in [-0.1, -0.05) is 22.0 Å². The number of halogens is 1. The van der Waals surface area contributed by atoms with E-state index in [9.17, 15) is 25.9 Å². The highest BCUT2D eigenvalue weighted by molar-refractivity contribution is 9.10. The Morgan fingerprint density at radius 3 is 2.16 bits per heavy atom. The summed E-state index contributed by atoms with van der Waals surface area (Å²) in [6.45, 7) is 0. The Morgan fingerprint density at radius 2 is 1.53 bits per heavy atom. The van der Waals surface area contributed by atoms with Crippen LogP contribution in [0.1, 0.15) is 0 Å². The molecule has 32 heavy (non-hydrogen) atoms. The zero-order chi connectivity index (χ0) is 23.4. The molecule has 0 saturated heterocycles. The molecule has 0 saturated carbocycles. The van der Waals surface area contributed by atoms with Gasteiger partial charge in [0.2, 0.25) is 5.36 Å². The fourth-order valence-corrected chi connectivity index (χ4v) is 5.17. The van der Waals surface area contributed by atoms with Gasteiger partial charge in [-0.05, 0) is 36.4 Å². The molecule has 2 aliphatic rings.